The van der Waals surface area contributed by atoms with Gasteiger partial charge in [-0.2, -0.15) is 0 Å². The quantitative estimate of drug-likeness (QED) is 0.0715. The van der Waals surface area contributed by atoms with Crippen molar-refractivity contribution >= 4 is 52.0 Å². The maximum absolute atomic E-state index is 11.4. The van der Waals surface area contributed by atoms with Crippen LogP contribution in [0.4, 0.5) is 16.4 Å². The summed E-state index contributed by atoms with van der Waals surface area (Å²) in [5.41, 5.74) is 6.57. The Balaban J connectivity index is 1.26. The van der Waals surface area contributed by atoms with Crippen LogP contribution in [0.15, 0.2) is 128 Å². The number of carbonyl (C=O) groups is 2. The standard InChI is InChI=1S/C43H36N4O4S2/c1-2-3-4-7-12-31-24-41(53-43(31)40-17-18-42(52-40)47(32-13-8-5-9-14-32)33-15-10-6-11-16-33)30-19-21-44-36(23-30)38-26-35(51-29-49)27-39(46-38)37-25-34(50-28-48)20-22-45-37/h5-6,8-11,13-29H,2-4,7,12H2,1H3. The molecule has 0 spiro atoms. The molecule has 7 aromatic rings. The number of pyridine rings is 3. The zero-order valence-corrected chi connectivity index (χ0v) is 30.7. The SMILES string of the molecule is CCCCCCc1cc(-c2ccnc(-c3cc(OC=O)cc(-c4cc(OC=O)ccn4)n3)c2)sc1-c1ccc(N(c2ccccc2)c2ccccc2)s1. The van der Waals surface area contributed by atoms with Gasteiger partial charge in [0.05, 0.1) is 22.8 Å². The van der Waals surface area contributed by atoms with Gasteiger partial charge in [0.25, 0.3) is 12.9 Å². The van der Waals surface area contributed by atoms with Crippen LogP contribution >= 0.6 is 22.7 Å². The van der Waals surface area contributed by atoms with E-state index in [1.54, 1.807) is 53.1 Å². The molecule has 0 saturated heterocycles. The zero-order valence-electron chi connectivity index (χ0n) is 29.1. The van der Waals surface area contributed by atoms with Crippen molar-refractivity contribution in [2.45, 2.75) is 39.0 Å². The maximum atomic E-state index is 11.4. The fraction of sp³-hybridized carbons (Fsp3) is 0.140. The van der Waals surface area contributed by atoms with E-state index in [-0.39, 0.29) is 5.75 Å². The molecule has 0 unspecified atom stereocenters. The lowest BCUT2D eigenvalue weighted by molar-refractivity contribution is -0.121. The fourth-order valence-corrected chi connectivity index (χ4v) is 8.53. The highest BCUT2D eigenvalue weighted by Gasteiger charge is 2.19. The van der Waals surface area contributed by atoms with E-state index < -0.39 is 0 Å². The second-order valence-electron chi connectivity index (χ2n) is 12.2. The predicted octanol–water partition coefficient (Wildman–Crippen LogP) is 11.3. The van der Waals surface area contributed by atoms with Crippen LogP contribution in [0.25, 0.3) is 43.0 Å². The number of aryl methyl sites for hydroxylation is 1. The van der Waals surface area contributed by atoms with E-state index in [0.717, 1.165) is 39.7 Å². The molecule has 264 valence electrons. The van der Waals surface area contributed by atoms with Crippen molar-refractivity contribution < 1.29 is 19.1 Å². The molecular formula is C43H36N4O4S2. The van der Waals surface area contributed by atoms with Crippen molar-refractivity contribution in [3.63, 3.8) is 0 Å². The van der Waals surface area contributed by atoms with Gasteiger partial charge in [-0.3, -0.25) is 19.6 Å². The van der Waals surface area contributed by atoms with Crippen LogP contribution in [-0.2, 0) is 16.0 Å². The fourth-order valence-electron chi connectivity index (χ4n) is 6.13. The number of hydrogen-bond donors (Lipinski definition) is 0. The Morgan fingerprint density at radius 2 is 1.26 bits per heavy atom. The van der Waals surface area contributed by atoms with Gasteiger partial charge in [-0.05, 0) is 84.6 Å². The number of rotatable bonds is 16. The Morgan fingerprint density at radius 1 is 0.623 bits per heavy atom. The molecule has 5 heterocycles. The number of unbranched alkanes of at least 4 members (excludes halogenated alkanes) is 3. The van der Waals surface area contributed by atoms with Crippen molar-refractivity contribution in [1.82, 2.24) is 15.0 Å². The molecule has 10 heteroatoms. The Hall–Kier alpha value is -5.97. The summed E-state index contributed by atoms with van der Waals surface area (Å²) in [6.07, 6.45) is 9.02. The summed E-state index contributed by atoms with van der Waals surface area (Å²) in [6, 6.07) is 38.2. The number of anilines is 3. The van der Waals surface area contributed by atoms with Crippen LogP contribution in [0.1, 0.15) is 38.2 Å². The third kappa shape index (κ3) is 8.41. The maximum Gasteiger partial charge on any atom is 0.298 e. The molecule has 0 amide bonds. The number of hydrogen-bond acceptors (Lipinski definition) is 10. The van der Waals surface area contributed by atoms with Gasteiger partial charge in [0.2, 0.25) is 0 Å². The van der Waals surface area contributed by atoms with Crippen molar-refractivity contribution in [2.24, 2.45) is 0 Å². The van der Waals surface area contributed by atoms with Crippen LogP contribution in [0.5, 0.6) is 11.5 Å². The first kappa shape index (κ1) is 35.4. The minimum Gasteiger partial charge on any atom is -0.429 e. The molecule has 0 fully saturated rings. The molecule has 8 nitrogen and oxygen atoms in total. The van der Waals surface area contributed by atoms with Gasteiger partial charge in [-0.25, -0.2) is 4.98 Å². The van der Waals surface area contributed by atoms with E-state index in [4.69, 9.17) is 14.5 Å². The lowest BCUT2D eigenvalue weighted by atomic mass is 10.0. The largest absolute Gasteiger partial charge is 0.429 e. The molecular weight excluding hydrogens is 701 g/mol. The molecule has 0 radical (unpaired) electrons. The normalized spacial score (nSPS) is 10.9. The summed E-state index contributed by atoms with van der Waals surface area (Å²) < 4.78 is 10.3. The second kappa shape index (κ2) is 17.0. The molecule has 53 heavy (non-hydrogen) atoms. The van der Waals surface area contributed by atoms with Crippen molar-refractivity contribution in [2.75, 3.05) is 4.90 Å². The van der Waals surface area contributed by atoms with Gasteiger partial charge in [0.1, 0.15) is 16.5 Å². The first-order valence-corrected chi connectivity index (χ1v) is 19.1. The van der Waals surface area contributed by atoms with Gasteiger partial charge in [0.15, 0.2) is 0 Å². The summed E-state index contributed by atoms with van der Waals surface area (Å²) in [5.74, 6) is 0.608. The minimum absolute atomic E-state index is 0.289. The number of para-hydroxylation sites is 2. The Labute approximate surface area is 316 Å². The highest BCUT2D eigenvalue weighted by molar-refractivity contribution is 7.25. The average Bonchev–Trinajstić information content (AvgIpc) is 3.86. The number of aromatic nitrogens is 3. The number of thiophene rings is 2. The zero-order chi connectivity index (χ0) is 36.4. The molecule has 2 aromatic carbocycles. The summed E-state index contributed by atoms with van der Waals surface area (Å²) in [6.45, 7) is 2.96. The van der Waals surface area contributed by atoms with Gasteiger partial charge in [0, 0.05) is 56.6 Å². The van der Waals surface area contributed by atoms with E-state index in [1.165, 1.54) is 40.8 Å². The molecule has 0 aliphatic carbocycles. The third-order valence-corrected chi connectivity index (χ3v) is 11.1. The van der Waals surface area contributed by atoms with Crippen LogP contribution in [0, 0.1) is 0 Å². The first-order valence-electron chi connectivity index (χ1n) is 17.4. The second-order valence-corrected chi connectivity index (χ2v) is 14.3. The monoisotopic (exact) mass is 736 g/mol. The Bertz CT molecular complexity index is 2270. The first-order chi connectivity index (χ1) is 26.1. The molecule has 0 aliphatic heterocycles. The topological polar surface area (TPSA) is 94.5 Å². The average molecular weight is 737 g/mol. The lowest BCUT2D eigenvalue weighted by Gasteiger charge is -2.23. The molecule has 0 saturated carbocycles. The summed E-state index contributed by atoms with van der Waals surface area (Å²) >= 11 is 3.59. The van der Waals surface area contributed by atoms with E-state index in [2.05, 4.69) is 88.5 Å². The number of carbonyl (C=O) groups excluding carboxylic acids is 2. The number of ether oxygens (including phenoxy) is 2. The minimum atomic E-state index is 0.289. The van der Waals surface area contributed by atoms with Crippen molar-refractivity contribution in [3.8, 4) is 54.5 Å². The highest BCUT2D eigenvalue weighted by atomic mass is 32.1. The summed E-state index contributed by atoms with van der Waals surface area (Å²) in [5, 5.41) is 1.15. The van der Waals surface area contributed by atoms with Crippen LogP contribution in [0.2, 0.25) is 0 Å². The lowest BCUT2D eigenvalue weighted by Crippen LogP contribution is -2.07. The van der Waals surface area contributed by atoms with Crippen LogP contribution < -0.4 is 14.4 Å². The number of benzene rings is 2. The molecule has 5 aromatic heterocycles. The van der Waals surface area contributed by atoms with E-state index in [9.17, 15) is 9.59 Å². The molecule has 0 bridgehead atoms. The van der Waals surface area contributed by atoms with Crippen LogP contribution in [0.3, 0.4) is 0 Å². The summed E-state index contributed by atoms with van der Waals surface area (Å²) in [4.78, 5) is 42.1. The molecule has 7 rings (SSSR count). The van der Waals surface area contributed by atoms with Gasteiger partial charge < -0.3 is 14.4 Å². The van der Waals surface area contributed by atoms with Crippen molar-refractivity contribution in [1.29, 1.82) is 0 Å². The van der Waals surface area contributed by atoms with Gasteiger partial charge in [-0.15, -0.1) is 22.7 Å². The Morgan fingerprint density at radius 3 is 1.94 bits per heavy atom. The van der Waals surface area contributed by atoms with Gasteiger partial charge in [-0.1, -0.05) is 62.6 Å². The number of nitrogens with zero attached hydrogens (tertiary/aromatic N) is 4. The van der Waals surface area contributed by atoms with E-state index >= 15 is 0 Å². The molecule has 0 N–H and O–H groups in total. The van der Waals surface area contributed by atoms with Gasteiger partial charge >= 0.3 is 0 Å². The van der Waals surface area contributed by atoms with Crippen molar-refractivity contribution in [3.05, 3.63) is 133 Å². The highest BCUT2D eigenvalue weighted by Crippen LogP contribution is 2.46. The summed E-state index contributed by atoms with van der Waals surface area (Å²) in [7, 11) is 0. The molecule has 0 aliphatic rings. The molecule has 0 atom stereocenters. The van der Waals surface area contributed by atoms with E-state index in [1.807, 2.05) is 24.3 Å². The smallest absolute Gasteiger partial charge is 0.298 e. The third-order valence-electron chi connectivity index (χ3n) is 8.64. The van der Waals surface area contributed by atoms with Crippen LogP contribution in [-0.4, -0.2) is 27.9 Å². The van der Waals surface area contributed by atoms with E-state index in [0.29, 0.717) is 41.5 Å². The Kier molecular flexibility index (Phi) is 11.4. The predicted molar refractivity (Wildman–Crippen MR) is 213 cm³/mol.